The molecule has 3 nitrogen and oxygen atoms in total. The zero-order chi connectivity index (χ0) is 13.9. The van der Waals surface area contributed by atoms with Crippen molar-refractivity contribution in [2.24, 2.45) is 0 Å². The molecule has 0 radical (unpaired) electrons. The molecule has 0 unspecified atom stereocenters. The number of benzene rings is 1. The number of fused-ring (bicyclic) bond motifs is 1. The maximum atomic E-state index is 12.0. The molecule has 0 saturated heterocycles. The van der Waals surface area contributed by atoms with Crippen molar-refractivity contribution in [2.45, 2.75) is 25.7 Å². The van der Waals surface area contributed by atoms with E-state index in [1.807, 2.05) is 12.1 Å². The first-order chi connectivity index (χ1) is 9.74. The summed E-state index contributed by atoms with van der Waals surface area (Å²) in [5.41, 5.74) is 1.53. The average molecular weight is 268 g/mol. The summed E-state index contributed by atoms with van der Waals surface area (Å²) < 4.78 is 11.2. The largest absolute Gasteiger partial charge is 0.426 e. The molecule has 20 heavy (non-hydrogen) atoms. The van der Waals surface area contributed by atoms with Gasteiger partial charge in [0.25, 0.3) is 5.95 Å². The van der Waals surface area contributed by atoms with Gasteiger partial charge in [-0.05, 0) is 43.4 Å². The molecule has 1 aliphatic rings. The van der Waals surface area contributed by atoms with Gasteiger partial charge in [0.05, 0.1) is 11.5 Å². The van der Waals surface area contributed by atoms with E-state index in [-0.39, 0.29) is 11.4 Å². The maximum Gasteiger partial charge on any atom is 0.294 e. The monoisotopic (exact) mass is 268 g/mol. The summed E-state index contributed by atoms with van der Waals surface area (Å²) in [6, 6.07) is 8.51. The van der Waals surface area contributed by atoms with Gasteiger partial charge in [-0.25, -0.2) is 0 Å². The van der Waals surface area contributed by atoms with E-state index in [0.29, 0.717) is 16.7 Å². The van der Waals surface area contributed by atoms with Crippen molar-refractivity contribution < 1.29 is 9.15 Å². The lowest BCUT2D eigenvalue weighted by Gasteiger charge is -2.15. The number of allylic oxidation sites excluding steroid dienone is 2. The first kappa shape index (κ1) is 12.7. The van der Waals surface area contributed by atoms with Crippen molar-refractivity contribution in [1.29, 1.82) is 0 Å². The molecule has 0 bridgehead atoms. The van der Waals surface area contributed by atoms with Crippen LogP contribution in [0.15, 0.2) is 63.5 Å². The Balaban J connectivity index is 1.89. The molecule has 0 aliphatic heterocycles. The topological polar surface area (TPSA) is 39.4 Å². The molecule has 1 aliphatic carbocycles. The first-order valence-electron chi connectivity index (χ1n) is 6.83. The lowest BCUT2D eigenvalue weighted by atomic mass is 9.99. The SMILES string of the molecule is C=C(Oc1cc(=O)c2ccccc2o1)C1=CCCCC1. The molecule has 3 heteroatoms. The number of rotatable bonds is 3. The van der Waals surface area contributed by atoms with Crippen LogP contribution in [0.3, 0.4) is 0 Å². The molecule has 0 N–H and O–H groups in total. The third-order valence-corrected chi connectivity index (χ3v) is 3.48. The molecule has 1 aromatic carbocycles. The summed E-state index contributed by atoms with van der Waals surface area (Å²) in [6.45, 7) is 3.93. The lowest BCUT2D eigenvalue weighted by Crippen LogP contribution is -2.05. The summed E-state index contributed by atoms with van der Waals surface area (Å²) in [7, 11) is 0. The smallest absolute Gasteiger partial charge is 0.294 e. The van der Waals surface area contributed by atoms with Gasteiger partial charge in [-0.1, -0.05) is 24.8 Å². The van der Waals surface area contributed by atoms with E-state index in [9.17, 15) is 4.79 Å². The van der Waals surface area contributed by atoms with E-state index >= 15 is 0 Å². The molecule has 3 rings (SSSR count). The summed E-state index contributed by atoms with van der Waals surface area (Å²) in [5, 5.41) is 0.558. The summed E-state index contributed by atoms with van der Waals surface area (Å²) in [6.07, 6.45) is 6.53. The molecular formula is C17H16O3. The van der Waals surface area contributed by atoms with E-state index in [0.717, 1.165) is 24.8 Å². The van der Waals surface area contributed by atoms with Gasteiger partial charge < -0.3 is 9.15 Å². The minimum atomic E-state index is -0.104. The second-order valence-electron chi connectivity index (χ2n) is 4.93. The van der Waals surface area contributed by atoms with Crippen molar-refractivity contribution in [1.82, 2.24) is 0 Å². The number of ether oxygens (including phenoxy) is 1. The number of hydrogen-bond donors (Lipinski definition) is 0. The summed E-state index contributed by atoms with van der Waals surface area (Å²) in [4.78, 5) is 12.0. The van der Waals surface area contributed by atoms with Crippen molar-refractivity contribution in [3.63, 3.8) is 0 Å². The van der Waals surface area contributed by atoms with Crippen LogP contribution in [-0.4, -0.2) is 0 Å². The molecule has 102 valence electrons. The quantitative estimate of drug-likeness (QED) is 0.784. The standard InChI is InChI=1S/C17H16O3/c1-12(13-7-3-2-4-8-13)19-17-11-15(18)14-9-5-6-10-16(14)20-17/h5-7,9-11H,1-4,8H2. The predicted molar refractivity (Wildman–Crippen MR) is 78.8 cm³/mol. The highest BCUT2D eigenvalue weighted by Crippen LogP contribution is 2.26. The van der Waals surface area contributed by atoms with Crippen LogP contribution in [0.25, 0.3) is 11.0 Å². The zero-order valence-corrected chi connectivity index (χ0v) is 11.2. The van der Waals surface area contributed by atoms with Crippen molar-refractivity contribution in [2.75, 3.05) is 0 Å². The number of para-hydroxylation sites is 1. The average Bonchev–Trinajstić information content (AvgIpc) is 2.48. The van der Waals surface area contributed by atoms with E-state index in [1.165, 1.54) is 12.5 Å². The fraction of sp³-hybridized carbons (Fsp3) is 0.235. The Morgan fingerprint density at radius 2 is 2.10 bits per heavy atom. The van der Waals surface area contributed by atoms with Crippen LogP contribution in [0, 0.1) is 0 Å². The highest BCUT2D eigenvalue weighted by Gasteiger charge is 2.11. The molecule has 0 fully saturated rings. The fourth-order valence-corrected chi connectivity index (χ4v) is 2.41. The van der Waals surface area contributed by atoms with Crippen LogP contribution < -0.4 is 10.2 Å². The Morgan fingerprint density at radius 1 is 1.25 bits per heavy atom. The Bertz CT molecular complexity index is 737. The van der Waals surface area contributed by atoms with Crippen LogP contribution >= 0.6 is 0 Å². The highest BCUT2D eigenvalue weighted by molar-refractivity contribution is 5.76. The maximum absolute atomic E-state index is 12.0. The zero-order valence-electron chi connectivity index (χ0n) is 11.2. The van der Waals surface area contributed by atoms with Crippen LogP contribution in [0.5, 0.6) is 5.95 Å². The normalized spacial score (nSPS) is 14.9. The number of hydrogen-bond acceptors (Lipinski definition) is 3. The van der Waals surface area contributed by atoms with Gasteiger partial charge in [-0.15, -0.1) is 0 Å². The summed E-state index contributed by atoms with van der Waals surface area (Å²) in [5.74, 6) is 0.772. The van der Waals surface area contributed by atoms with E-state index < -0.39 is 0 Å². The Morgan fingerprint density at radius 3 is 2.90 bits per heavy atom. The van der Waals surface area contributed by atoms with Gasteiger partial charge in [0.1, 0.15) is 11.3 Å². The minimum absolute atomic E-state index is 0.104. The molecule has 1 heterocycles. The van der Waals surface area contributed by atoms with Gasteiger partial charge in [-0.3, -0.25) is 4.79 Å². The van der Waals surface area contributed by atoms with Crippen molar-refractivity contribution in [3.8, 4) is 5.95 Å². The third-order valence-electron chi connectivity index (χ3n) is 3.48. The van der Waals surface area contributed by atoms with Crippen LogP contribution in [-0.2, 0) is 0 Å². The third kappa shape index (κ3) is 2.52. The first-order valence-corrected chi connectivity index (χ1v) is 6.83. The molecular weight excluding hydrogens is 252 g/mol. The van der Waals surface area contributed by atoms with E-state index in [2.05, 4.69) is 12.7 Å². The molecule has 0 saturated carbocycles. The molecule has 1 aromatic heterocycles. The minimum Gasteiger partial charge on any atom is -0.426 e. The Hall–Kier alpha value is -2.29. The second-order valence-corrected chi connectivity index (χ2v) is 4.93. The Kier molecular flexibility index (Phi) is 3.42. The second kappa shape index (κ2) is 5.37. The predicted octanol–water partition coefficient (Wildman–Crippen LogP) is 4.19. The van der Waals surface area contributed by atoms with Crippen LogP contribution in [0.1, 0.15) is 25.7 Å². The Labute approximate surface area is 117 Å². The molecule has 0 spiro atoms. The van der Waals surface area contributed by atoms with E-state index in [1.54, 1.807) is 12.1 Å². The van der Waals surface area contributed by atoms with Gasteiger partial charge in [-0.2, -0.15) is 0 Å². The van der Waals surface area contributed by atoms with Gasteiger partial charge in [0.15, 0.2) is 5.43 Å². The molecule has 2 aromatic rings. The van der Waals surface area contributed by atoms with Crippen molar-refractivity contribution in [3.05, 3.63) is 64.5 Å². The lowest BCUT2D eigenvalue weighted by molar-refractivity contribution is 0.324. The van der Waals surface area contributed by atoms with Crippen molar-refractivity contribution >= 4 is 11.0 Å². The molecule has 0 amide bonds. The van der Waals surface area contributed by atoms with Gasteiger partial charge in [0, 0.05) is 0 Å². The van der Waals surface area contributed by atoms with Crippen LogP contribution in [0.4, 0.5) is 0 Å². The van der Waals surface area contributed by atoms with E-state index in [4.69, 9.17) is 9.15 Å². The molecule has 0 atom stereocenters. The van der Waals surface area contributed by atoms with Gasteiger partial charge in [0.2, 0.25) is 0 Å². The fourth-order valence-electron chi connectivity index (χ4n) is 2.41. The highest BCUT2D eigenvalue weighted by atomic mass is 16.6. The summed E-state index contributed by atoms with van der Waals surface area (Å²) >= 11 is 0. The van der Waals surface area contributed by atoms with Gasteiger partial charge >= 0.3 is 0 Å². The van der Waals surface area contributed by atoms with Crippen LogP contribution in [0.2, 0.25) is 0 Å².